The molecule has 0 amide bonds. The van der Waals surface area contributed by atoms with Crippen LogP contribution in [0.15, 0.2) is 22.8 Å². The van der Waals surface area contributed by atoms with Crippen molar-refractivity contribution in [2.75, 3.05) is 7.11 Å². The first-order valence-corrected chi connectivity index (χ1v) is 5.12. The Hall–Kier alpha value is -1.56. The molecule has 16 heavy (non-hydrogen) atoms. The SMILES string of the molecule is COC(=O)c1cnc2nc(F)ccc2c1Br. The normalized spacial score (nSPS) is 10.4. The quantitative estimate of drug-likeness (QED) is 0.596. The van der Waals surface area contributed by atoms with Crippen LogP contribution < -0.4 is 0 Å². The molecular weight excluding hydrogens is 279 g/mol. The molecule has 4 nitrogen and oxygen atoms in total. The molecule has 0 aliphatic rings. The highest BCUT2D eigenvalue weighted by molar-refractivity contribution is 9.10. The second-order valence-electron chi connectivity index (χ2n) is 2.98. The fraction of sp³-hybridized carbons (Fsp3) is 0.100. The standard InChI is InChI=1S/C10H6BrFN2O2/c1-16-10(15)6-4-13-9-5(8(6)11)2-3-7(12)14-9/h2-4H,1H3. The first-order valence-electron chi connectivity index (χ1n) is 4.32. The number of hydrogen-bond acceptors (Lipinski definition) is 4. The molecule has 0 radical (unpaired) electrons. The summed E-state index contributed by atoms with van der Waals surface area (Å²) in [6.45, 7) is 0. The Bertz CT molecular complexity index is 574. The third-order valence-corrected chi connectivity index (χ3v) is 2.89. The number of methoxy groups -OCH3 is 1. The first kappa shape index (κ1) is 10.9. The Morgan fingerprint density at radius 3 is 2.94 bits per heavy atom. The van der Waals surface area contributed by atoms with Crippen molar-refractivity contribution in [2.45, 2.75) is 0 Å². The van der Waals surface area contributed by atoms with Gasteiger partial charge in [-0.1, -0.05) is 0 Å². The number of hydrogen-bond donors (Lipinski definition) is 0. The Labute approximate surface area is 98.6 Å². The monoisotopic (exact) mass is 284 g/mol. The van der Waals surface area contributed by atoms with E-state index < -0.39 is 11.9 Å². The summed E-state index contributed by atoms with van der Waals surface area (Å²) in [7, 11) is 1.28. The largest absolute Gasteiger partial charge is 0.465 e. The maximum absolute atomic E-state index is 12.8. The molecule has 0 aromatic carbocycles. The van der Waals surface area contributed by atoms with Crippen LogP contribution in [0.25, 0.3) is 11.0 Å². The topological polar surface area (TPSA) is 52.1 Å². The van der Waals surface area contributed by atoms with Crippen LogP contribution in [-0.4, -0.2) is 23.0 Å². The third kappa shape index (κ3) is 1.76. The highest BCUT2D eigenvalue weighted by Gasteiger charge is 2.14. The zero-order valence-corrected chi connectivity index (χ0v) is 9.78. The van der Waals surface area contributed by atoms with Crippen LogP contribution in [0.4, 0.5) is 4.39 Å². The number of rotatable bonds is 1. The minimum atomic E-state index is -0.613. The molecule has 0 aliphatic heterocycles. The van der Waals surface area contributed by atoms with Crippen molar-refractivity contribution in [3.05, 3.63) is 34.3 Å². The van der Waals surface area contributed by atoms with Crippen LogP contribution in [0.3, 0.4) is 0 Å². The number of fused-ring (bicyclic) bond motifs is 1. The van der Waals surface area contributed by atoms with Crippen LogP contribution in [-0.2, 0) is 4.74 Å². The van der Waals surface area contributed by atoms with Gasteiger partial charge in [-0.2, -0.15) is 9.37 Å². The molecule has 0 fully saturated rings. The van der Waals surface area contributed by atoms with Crippen molar-refractivity contribution in [1.29, 1.82) is 0 Å². The molecule has 2 aromatic rings. The molecule has 6 heteroatoms. The fourth-order valence-corrected chi connectivity index (χ4v) is 1.85. The number of ether oxygens (including phenoxy) is 1. The van der Waals surface area contributed by atoms with Gasteiger partial charge in [-0.25, -0.2) is 9.78 Å². The molecular formula is C10H6BrFN2O2. The summed E-state index contributed by atoms with van der Waals surface area (Å²) in [5, 5.41) is 0.560. The van der Waals surface area contributed by atoms with E-state index in [0.717, 1.165) is 0 Å². The maximum atomic E-state index is 12.8. The van der Waals surface area contributed by atoms with E-state index in [9.17, 15) is 9.18 Å². The van der Waals surface area contributed by atoms with E-state index in [1.807, 2.05) is 0 Å². The minimum absolute atomic E-state index is 0.236. The zero-order chi connectivity index (χ0) is 11.7. The Kier molecular flexibility index (Phi) is 2.82. The number of aromatic nitrogens is 2. The van der Waals surface area contributed by atoms with E-state index in [-0.39, 0.29) is 11.2 Å². The van der Waals surface area contributed by atoms with E-state index in [4.69, 9.17) is 0 Å². The molecule has 0 atom stereocenters. The molecule has 0 aliphatic carbocycles. The highest BCUT2D eigenvalue weighted by Crippen LogP contribution is 2.25. The van der Waals surface area contributed by atoms with Crippen molar-refractivity contribution in [3.63, 3.8) is 0 Å². The zero-order valence-electron chi connectivity index (χ0n) is 8.20. The maximum Gasteiger partial charge on any atom is 0.340 e. The average molecular weight is 285 g/mol. The lowest BCUT2D eigenvalue weighted by Crippen LogP contribution is -2.04. The van der Waals surface area contributed by atoms with E-state index in [1.54, 1.807) is 0 Å². The summed E-state index contributed by atoms with van der Waals surface area (Å²) >= 11 is 3.24. The Morgan fingerprint density at radius 1 is 1.50 bits per heavy atom. The highest BCUT2D eigenvalue weighted by atomic mass is 79.9. The number of carbonyl (C=O) groups excluding carboxylic acids is 1. The van der Waals surface area contributed by atoms with E-state index in [0.29, 0.717) is 9.86 Å². The van der Waals surface area contributed by atoms with Crippen molar-refractivity contribution in [3.8, 4) is 0 Å². The molecule has 0 saturated carbocycles. The van der Waals surface area contributed by atoms with E-state index in [2.05, 4.69) is 30.6 Å². The van der Waals surface area contributed by atoms with E-state index in [1.165, 1.54) is 25.4 Å². The predicted molar refractivity (Wildman–Crippen MR) is 58.5 cm³/mol. The molecule has 0 spiro atoms. The summed E-state index contributed by atoms with van der Waals surface area (Å²) in [6.07, 6.45) is 1.30. The summed E-state index contributed by atoms with van der Waals surface area (Å²) in [4.78, 5) is 18.9. The van der Waals surface area contributed by atoms with Gasteiger partial charge in [0.05, 0.1) is 12.7 Å². The van der Waals surface area contributed by atoms with Crippen molar-refractivity contribution in [2.24, 2.45) is 0 Å². The lowest BCUT2D eigenvalue weighted by molar-refractivity contribution is 0.0599. The van der Waals surface area contributed by atoms with Gasteiger partial charge in [0.25, 0.3) is 0 Å². The van der Waals surface area contributed by atoms with Crippen molar-refractivity contribution >= 4 is 32.9 Å². The van der Waals surface area contributed by atoms with Crippen molar-refractivity contribution in [1.82, 2.24) is 9.97 Å². The number of carbonyl (C=O) groups is 1. The second-order valence-corrected chi connectivity index (χ2v) is 3.78. The van der Waals surface area contributed by atoms with Gasteiger partial charge in [0.2, 0.25) is 5.95 Å². The van der Waals surface area contributed by atoms with Gasteiger partial charge in [0.1, 0.15) is 0 Å². The second kappa shape index (κ2) is 4.13. The molecule has 2 heterocycles. The molecule has 0 bridgehead atoms. The Morgan fingerprint density at radius 2 is 2.25 bits per heavy atom. The van der Waals surface area contributed by atoms with Crippen molar-refractivity contribution < 1.29 is 13.9 Å². The summed E-state index contributed by atoms with van der Waals surface area (Å²) < 4.78 is 17.9. The molecule has 0 unspecified atom stereocenters. The van der Waals surface area contributed by atoms with Gasteiger partial charge in [0.15, 0.2) is 5.65 Å². The molecule has 0 saturated heterocycles. The average Bonchev–Trinajstić information content (AvgIpc) is 2.28. The van der Waals surface area contributed by atoms with Crippen LogP contribution in [0.2, 0.25) is 0 Å². The number of pyridine rings is 2. The molecule has 0 N–H and O–H groups in total. The number of nitrogens with zero attached hydrogens (tertiary/aromatic N) is 2. The fourth-order valence-electron chi connectivity index (χ4n) is 1.27. The predicted octanol–water partition coefficient (Wildman–Crippen LogP) is 2.32. The first-order chi connectivity index (χ1) is 7.63. The Balaban J connectivity index is 2.70. The van der Waals surface area contributed by atoms with E-state index >= 15 is 0 Å². The van der Waals surface area contributed by atoms with Gasteiger partial charge in [0, 0.05) is 16.1 Å². The third-order valence-electron chi connectivity index (χ3n) is 2.04. The van der Waals surface area contributed by atoms with Crippen LogP contribution >= 0.6 is 15.9 Å². The van der Waals surface area contributed by atoms with Gasteiger partial charge in [-0.05, 0) is 28.1 Å². The molecule has 2 rings (SSSR count). The molecule has 2 aromatic heterocycles. The van der Waals surface area contributed by atoms with Crippen LogP contribution in [0, 0.1) is 5.95 Å². The lowest BCUT2D eigenvalue weighted by Gasteiger charge is -2.04. The van der Waals surface area contributed by atoms with Gasteiger partial charge in [-0.3, -0.25) is 0 Å². The number of esters is 1. The molecule has 82 valence electrons. The van der Waals surface area contributed by atoms with Crippen LogP contribution in [0.5, 0.6) is 0 Å². The van der Waals surface area contributed by atoms with Gasteiger partial charge >= 0.3 is 5.97 Å². The summed E-state index contributed by atoms with van der Waals surface area (Å²) in [6, 6.07) is 2.71. The summed E-state index contributed by atoms with van der Waals surface area (Å²) in [5.41, 5.74) is 0.517. The smallest absolute Gasteiger partial charge is 0.340 e. The van der Waals surface area contributed by atoms with Crippen LogP contribution in [0.1, 0.15) is 10.4 Å². The number of halogens is 2. The van der Waals surface area contributed by atoms with Gasteiger partial charge in [-0.15, -0.1) is 0 Å². The summed E-state index contributed by atoms with van der Waals surface area (Å²) in [5.74, 6) is -1.12. The lowest BCUT2D eigenvalue weighted by atomic mass is 10.2. The minimum Gasteiger partial charge on any atom is -0.465 e. The van der Waals surface area contributed by atoms with Gasteiger partial charge < -0.3 is 4.74 Å².